The number of H-pyrrole nitrogens is 1. The van der Waals surface area contributed by atoms with Crippen molar-refractivity contribution in [3.8, 4) is 6.07 Å². The van der Waals surface area contributed by atoms with Crippen molar-refractivity contribution in [3.05, 3.63) is 52.1 Å². The Hall–Kier alpha value is -2.88. The molecule has 0 saturated carbocycles. The van der Waals surface area contributed by atoms with Crippen molar-refractivity contribution in [2.75, 3.05) is 11.9 Å². The van der Waals surface area contributed by atoms with Gasteiger partial charge in [0.2, 0.25) is 0 Å². The van der Waals surface area contributed by atoms with Gasteiger partial charge in [-0.15, -0.1) is 0 Å². The minimum atomic E-state index is -0.519. The van der Waals surface area contributed by atoms with Crippen molar-refractivity contribution in [2.45, 2.75) is 6.42 Å². The second kappa shape index (κ2) is 5.64. The van der Waals surface area contributed by atoms with E-state index in [1.807, 2.05) is 6.07 Å². The van der Waals surface area contributed by atoms with Crippen LogP contribution in [0, 0.1) is 21.4 Å². The highest BCUT2D eigenvalue weighted by Crippen LogP contribution is 2.21. The number of rotatable bonds is 5. The number of anilines is 1. The van der Waals surface area contributed by atoms with Gasteiger partial charge in [0.15, 0.2) is 0 Å². The lowest BCUT2D eigenvalue weighted by Crippen LogP contribution is -2.06. The highest BCUT2D eigenvalue weighted by atomic mass is 16.6. The second-order valence-electron chi connectivity index (χ2n) is 3.85. The number of imidazole rings is 1. The van der Waals surface area contributed by atoms with E-state index in [1.165, 1.54) is 12.1 Å². The Morgan fingerprint density at radius 2 is 2.37 bits per heavy atom. The Kier molecular flexibility index (Phi) is 3.73. The van der Waals surface area contributed by atoms with Gasteiger partial charge in [-0.3, -0.25) is 10.1 Å². The summed E-state index contributed by atoms with van der Waals surface area (Å²) in [4.78, 5) is 17.0. The molecule has 19 heavy (non-hydrogen) atoms. The summed E-state index contributed by atoms with van der Waals surface area (Å²) < 4.78 is 0. The fourth-order valence-electron chi connectivity index (χ4n) is 1.65. The minimum absolute atomic E-state index is 0.0873. The number of aromatic nitrogens is 2. The van der Waals surface area contributed by atoms with Crippen LogP contribution in [0.25, 0.3) is 0 Å². The largest absolute Gasteiger partial charge is 0.384 e. The van der Waals surface area contributed by atoms with E-state index in [1.54, 1.807) is 18.6 Å². The van der Waals surface area contributed by atoms with E-state index in [0.717, 1.165) is 12.1 Å². The molecule has 0 aliphatic carbocycles. The second-order valence-corrected chi connectivity index (χ2v) is 3.85. The number of hydrogen-bond donors (Lipinski definition) is 2. The molecule has 2 N–H and O–H groups in total. The summed E-state index contributed by atoms with van der Waals surface area (Å²) in [5, 5.41) is 22.7. The van der Waals surface area contributed by atoms with E-state index in [2.05, 4.69) is 15.3 Å². The van der Waals surface area contributed by atoms with Crippen LogP contribution in [0.5, 0.6) is 0 Å². The first kappa shape index (κ1) is 12.6. The van der Waals surface area contributed by atoms with Gasteiger partial charge in [-0.25, -0.2) is 4.98 Å². The summed E-state index contributed by atoms with van der Waals surface area (Å²) in [5.41, 5.74) is 1.75. The highest BCUT2D eigenvalue weighted by Gasteiger charge is 2.10. The average Bonchev–Trinajstić information content (AvgIpc) is 2.92. The van der Waals surface area contributed by atoms with E-state index in [-0.39, 0.29) is 11.3 Å². The third-order valence-corrected chi connectivity index (χ3v) is 2.60. The first-order valence-corrected chi connectivity index (χ1v) is 5.60. The Labute approximate surface area is 109 Å². The molecule has 96 valence electrons. The fourth-order valence-corrected chi connectivity index (χ4v) is 1.65. The van der Waals surface area contributed by atoms with Crippen molar-refractivity contribution < 1.29 is 4.92 Å². The van der Waals surface area contributed by atoms with Gasteiger partial charge < -0.3 is 10.3 Å². The summed E-state index contributed by atoms with van der Waals surface area (Å²) in [6.45, 7) is 0.606. The number of nitrogens with zero attached hydrogens (tertiary/aromatic N) is 3. The van der Waals surface area contributed by atoms with Crippen molar-refractivity contribution in [3.63, 3.8) is 0 Å². The van der Waals surface area contributed by atoms with Crippen LogP contribution in [-0.2, 0) is 6.42 Å². The van der Waals surface area contributed by atoms with Gasteiger partial charge in [-0.1, -0.05) is 0 Å². The predicted octanol–water partition coefficient (Wildman–Crippen LogP) is 1.84. The molecule has 1 heterocycles. The van der Waals surface area contributed by atoms with Crippen LogP contribution in [0.1, 0.15) is 11.3 Å². The van der Waals surface area contributed by atoms with Crippen LogP contribution in [0.15, 0.2) is 30.7 Å². The molecule has 0 aliphatic rings. The Balaban J connectivity index is 2.04. The summed E-state index contributed by atoms with van der Waals surface area (Å²) in [5.74, 6) is 0. The van der Waals surface area contributed by atoms with Crippen molar-refractivity contribution in [1.82, 2.24) is 9.97 Å². The maximum atomic E-state index is 10.6. The Morgan fingerprint density at radius 3 is 3.00 bits per heavy atom. The molecule has 0 spiro atoms. The van der Waals surface area contributed by atoms with Crippen LogP contribution in [-0.4, -0.2) is 21.4 Å². The number of nitrogens with one attached hydrogen (secondary N) is 2. The van der Waals surface area contributed by atoms with Gasteiger partial charge in [0, 0.05) is 37.0 Å². The van der Waals surface area contributed by atoms with E-state index < -0.39 is 4.92 Å². The Bertz CT molecular complexity index is 616. The van der Waals surface area contributed by atoms with Crippen molar-refractivity contribution in [2.24, 2.45) is 0 Å². The van der Waals surface area contributed by atoms with Crippen molar-refractivity contribution in [1.29, 1.82) is 5.26 Å². The normalized spacial score (nSPS) is 9.84. The van der Waals surface area contributed by atoms with Gasteiger partial charge in [0.05, 0.1) is 22.5 Å². The molecule has 0 aliphatic heterocycles. The molecular formula is C12H11N5O2. The maximum absolute atomic E-state index is 10.6. The molecule has 0 fully saturated rings. The van der Waals surface area contributed by atoms with E-state index in [9.17, 15) is 10.1 Å². The summed E-state index contributed by atoms with van der Waals surface area (Å²) in [6, 6.07) is 6.13. The molecule has 7 heteroatoms. The molecule has 0 radical (unpaired) electrons. The molecule has 7 nitrogen and oxygen atoms in total. The topological polar surface area (TPSA) is 108 Å². The molecule has 2 rings (SSSR count). The molecule has 0 amide bonds. The standard InChI is InChI=1S/C12H11N5O2/c13-6-9-5-11(17(18)19)1-2-12(9)15-4-3-10-7-14-8-16-10/h1-2,5,7-8,15H,3-4H2,(H,14,16). The van der Waals surface area contributed by atoms with Crippen molar-refractivity contribution >= 4 is 11.4 Å². The smallest absolute Gasteiger partial charge is 0.270 e. The van der Waals surface area contributed by atoms with Gasteiger partial charge in [-0.2, -0.15) is 5.26 Å². The number of aromatic amines is 1. The predicted molar refractivity (Wildman–Crippen MR) is 68.6 cm³/mol. The van der Waals surface area contributed by atoms with Gasteiger partial charge in [-0.05, 0) is 6.07 Å². The number of non-ortho nitro benzene ring substituents is 1. The maximum Gasteiger partial charge on any atom is 0.270 e. The van der Waals surface area contributed by atoms with Gasteiger partial charge >= 0.3 is 0 Å². The first-order chi connectivity index (χ1) is 9.20. The monoisotopic (exact) mass is 257 g/mol. The Morgan fingerprint density at radius 1 is 1.53 bits per heavy atom. The highest BCUT2D eigenvalue weighted by molar-refractivity contribution is 5.61. The van der Waals surface area contributed by atoms with Crippen LogP contribution in [0.2, 0.25) is 0 Å². The molecule has 0 atom stereocenters. The van der Waals surface area contributed by atoms with E-state index in [4.69, 9.17) is 5.26 Å². The first-order valence-electron chi connectivity index (χ1n) is 5.60. The van der Waals surface area contributed by atoms with Crippen LogP contribution < -0.4 is 5.32 Å². The molecular weight excluding hydrogens is 246 g/mol. The van der Waals surface area contributed by atoms with Gasteiger partial charge in [0.25, 0.3) is 5.69 Å². The zero-order valence-corrected chi connectivity index (χ0v) is 9.96. The summed E-state index contributed by atoms with van der Waals surface area (Å²) in [6.07, 6.45) is 4.05. The quantitative estimate of drug-likeness (QED) is 0.627. The third-order valence-electron chi connectivity index (χ3n) is 2.60. The number of hydrogen-bond acceptors (Lipinski definition) is 5. The lowest BCUT2D eigenvalue weighted by Gasteiger charge is -2.07. The fraction of sp³-hybridized carbons (Fsp3) is 0.167. The molecule has 1 aromatic carbocycles. The van der Waals surface area contributed by atoms with Crippen LogP contribution in [0.4, 0.5) is 11.4 Å². The lowest BCUT2D eigenvalue weighted by atomic mass is 10.1. The van der Waals surface area contributed by atoms with Crippen LogP contribution >= 0.6 is 0 Å². The summed E-state index contributed by atoms with van der Waals surface area (Å²) >= 11 is 0. The van der Waals surface area contributed by atoms with E-state index in [0.29, 0.717) is 12.2 Å². The molecule has 0 saturated heterocycles. The van der Waals surface area contributed by atoms with Gasteiger partial charge in [0.1, 0.15) is 6.07 Å². The number of nitro benzene ring substituents is 1. The molecule has 2 aromatic rings. The molecule has 0 unspecified atom stereocenters. The molecule has 1 aromatic heterocycles. The number of nitro groups is 1. The summed E-state index contributed by atoms with van der Waals surface area (Å²) in [7, 11) is 0. The number of nitriles is 1. The van der Waals surface area contributed by atoms with Crippen LogP contribution in [0.3, 0.4) is 0 Å². The minimum Gasteiger partial charge on any atom is -0.384 e. The third kappa shape index (κ3) is 3.07. The zero-order valence-electron chi connectivity index (χ0n) is 9.96. The average molecular weight is 257 g/mol. The molecule has 0 bridgehead atoms. The zero-order chi connectivity index (χ0) is 13.7. The van der Waals surface area contributed by atoms with E-state index >= 15 is 0 Å². The lowest BCUT2D eigenvalue weighted by molar-refractivity contribution is -0.384. The number of benzene rings is 1. The SMILES string of the molecule is N#Cc1cc([N+](=O)[O-])ccc1NCCc1cnc[nH]1.